The van der Waals surface area contributed by atoms with Gasteiger partial charge in [-0.1, -0.05) is 57.4 Å². The molecular weight excluding hydrogens is 370 g/mol. The Bertz CT molecular complexity index is 1010. The summed E-state index contributed by atoms with van der Waals surface area (Å²) in [7, 11) is 0. The third kappa shape index (κ3) is 4.69. The highest BCUT2D eigenvalue weighted by molar-refractivity contribution is 5.96. The molecule has 1 fully saturated rings. The van der Waals surface area contributed by atoms with Crippen LogP contribution in [0.2, 0.25) is 0 Å². The largest absolute Gasteiger partial charge is 0.350 e. The minimum absolute atomic E-state index is 0.0702. The lowest BCUT2D eigenvalue weighted by Crippen LogP contribution is -2.33. The van der Waals surface area contributed by atoms with Crippen LogP contribution in [-0.4, -0.2) is 22.4 Å². The maximum absolute atomic E-state index is 12.9. The molecule has 4 rings (SSSR count). The number of rotatable bonds is 6. The Morgan fingerprint density at radius 3 is 2.73 bits per heavy atom. The van der Waals surface area contributed by atoms with Crippen molar-refractivity contribution in [2.75, 3.05) is 6.54 Å². The summed E-state index contributed by atoms with van der Waals surface area (Å²) in [4.78, 5) is 22.1. The van der Waals surface area contributed by atoms with Gasteiger partial charge in [0.25, 0.3) is 5.91 Å². The average molecular weight is 402 g/mol. The highest BCUT2D eigenvalue weighted by atomic mass is 16.1. The van der Waals surface area contributed by atoms with E-state index in [1.807, 2.05) is 30.5 Å². The molecule has 30 heavy (non-hydrogen) atoms. The van der Waals surface area contributed by atoms with Crippen LogP contribution in [-0.2, 0) is 12.8 Å². The van der Waals surface area contributed by atoms with Crippen molar-refractivity contribution in [1.82, 2.24) is 15.3 Å². The summed E-state index contributed by atoms with van der Waals surface area (Å²) in [5.74, 6) is 1.18. The third-order valence-electron chi connectivity index (χ3n) is 6.49. The molecule has 1 saturated carbocycles. The van der Waals surface area contributed by atoms with Gasteiger partial charge in [0, 0.05) is 23.8 Å². The highest BCUT2D eigenvalue weighted by Gasteiger charge is 2.22. The van der Waals surface area contributed by atoms with Crippen LogP contribution in [0.5, 0.6) is 0 Å². The molecule has 2 heterocycles. The number of carbonyl (C=O) groups is 1. The van der Waals surface area contributed by atoms with Crippen molar-refractivity contribution < 1.29 is 4.79 Å². The van der Waals surface area contributed by atoms with Crippen LogP contribution in [0.25, 0.3) is 10.9 Å². The van der Waals surface area contributed by atoms with Gasteiger partial charge in [0.15, 0.2) is 0 Å². The van der Waals surface area contributed by atoms with Gasteiger partial charge >= 0.3 is 0 Å². The van der Waals surface area contributed by atoms with Gasteiger partial charge in [0.05, 0.1) is 5.52 Å². The fourth-order valence-corrected chi connectivity index (χ4v) is 4.51. The van der Waals surface area contributed by atoms with E-state index in [2.05, 4.69) is 47.3 Å². The number of hydrogen-bond acceptors (Lipinski definition) is 3. The van der Waals surface area contributed by atoms with Crippen molar-refractivity contribution in [1.29, 1.82) is 0 Å². The molecule has 2 atom stereocenters. The Kier molecular flexibility index (Phi) is 6.41. The van der Waals surface area contributed by atoms with Crippen LogP contribution in [0.1, 0.15) is 66.8 Å². The van der Waals surface area contributed by atoms with Crippen LogP contribution in [0.4, 0.5) is 0 Å². The number of pyridine rings is 2. The molecule has 0 radical (unpaired) electrons. The van der Waals surface area contributed by atoms with E-state index in [1.54, 1.807) is 0 Å². The van der Waals surface area contributed by atoms with Crippen molar-refractivity contribution in [2.45, 2.75) is 52.4 Å². The molecular formula is C26H31N3O. The molecule has 0 saturated heterocycles. The van der Waals surface area contributed by atoms with Gasteiger partial charge < -0.3 is 5.32 Å². The van der Waals surface area contributed by atoms with E-state index in [9.17, 15) is 4.79 Å². The molecule has 4 heteroatoms. The lowest BCUT2D eigenvalue weighted by atomic mass is 9.80. The van der Waals surface area contributed by atoms with Gasteiger partial charge in [0.1, 0.15) is 5.69 Å². The number of carbonyl (C=O) groups excluding carboxylic acids is 1. The number of hydrogen-bond donors (Lipinski definition) is 1. The Labute approximate surface area is 179 Å². The maximum atomic E-state index is 12.9. The topological polar surface area (TPSA) is 54.9 Å². The first-order valence-electron chi connectivity index (χ1n) is 11.2. The second-order valence-electron chi connectivity index (χ2n) is 8.60. The minimum Gasteiger partial charge on any atom is -0.350 e. The second kappa shape index (κ2) is 9.38. The number of para-hydroxylation sites is 1. The van der Waals surface area contributed by atoms with E-state index in [-0.39, 0.29) is 5.91 Å². The monoisotopic (exact) mass is 401 g/mol. The number of aromatic nitrogens is 2. The normalized spacial score (nSPS) is 19.0. The average Bonchev–Trinajstić information content (AvgIpc) is 2.78. The molecule has 1 aromatic carbocycles. The van der Waals surface area contributed by atoms with Crippen LogP contribution < -0.4 is 5.32 Å². The Morgan fingerprint density at radius 2 is 1.97 bits per heavy atom. The summed E-state index contributed by atoms with van der Waals surface area (Å²) in [5.41, 5.74) is 4.72. The molecule has 1 aliphatic carbocycles. The minimum atomic E-state index is -0.0702. The van der Waals surface area contributed by atoms with Gasteiger partial charge in [0.2, 0.25) is 0 Å². The maximum Gasteiger partial charge on any atom is 0.269 e. The van der Waals surface area contributed by atoms with Gasteiger partial charge in [-0.15, -0.1) is 0 Å². The van der Waals surface area contributed by atoms with Crippen molar-refractivity contribution in [3.63, 3.8) is 0 Å². The molecule has 1 N–H and O–H groups in total. The smallest absolute Gasteiger partial charge is 0.269 e. The zero-order valence-corrected chi connectivity index (χ0v) is 18.0. The lowest BCUT2D eigenvalue weighted by Gasteiger charge is -2.28. The predicted octanol–water partition coefficient (Wildman–Crippen LogP) is 5.34. The fourth-order valence-electron chi connectivity index (χ4n) is 4.51. The fraction of sp³-hybridized carbons (Fsp3) is 0.423. The number of aryl methyl sites for hydroxylation is 1. The third-order valence-corrected chi connectivity index (χ3v) is 6.49. The number of nitrogens with one attached hydrogen (secondary N) is 1. The first kappa shape index (κ1) is 20.5. The van der Waals surface area contributed by atoms with Crippen molar-refractivity contribution >= 4 is 16.8 Å². The van der Waals surface area contributed by atoms with E-state index in [1.165, 1.54) is 25.7 Å². The number of fused-ring (bicyclic) bond motifs is 1. The van der Waals surface area contributed by atoms with E-state index in [4.69, 9.17) is 0 Å². The van der Waals surface area contributed by atoms with Crippen LogP contribution in [0.15, 0.2) is 48.7 Å². The van der Waals surface area contributed by atoms with Crippen LogP contribution >= 0.6 is 0 Å². The second-order valence-corrected chi connectivity index (χ2v) is 8.60. The van der Waals surface area contributed by atoms with E-state index in [0.29, 0.717) is 17.5 Å². The van der Waals surface area contributed by atoms with Crippen LogP contribution in [0, 0.1) is 11.8 Å². The van der Waals surface area contributed by atoms with E-state index in [0.717, 1.165) is 47.1 Å². The summed E-state index contributed by atoms with van der Waals surface area (Å²) in [6.45, 7) is 5.16. The first-order valence-corrected chi connectivity index (χ1v) is 11.2. The molecule has 4 nitrogen and oxygen atoms in total. The van der Waals surface area contributed by atoms with Crippen LogP contribution in [0.3, 0.4) is 0 Å². The summed E-state index contributed by atoms with van der Waals surface area (Å²) < 4.78 is 0. The molecule has 3 aromatic rings. The van der Waals surface area contributed by atoms with Crippen molar-refractivity contribution in [3.05, 3.63) is 71.2 Å². The Hall–Kier alpha value is -2.75. The molecule has 1 unspecified atom stereocenters. The Balaban J connectivity index is 1.56. The van der Waals surface area contributed by atoms with Crippen molar-refractivity contribution in [2.24, 2.45) is 11.8 Å². The number of benzene rings is 1. The number of amides is 1. The first-order chi connectivity index (χ1) is 14.6. The molecule has 1 amide bonds. The quantitative estimate of drug-likeness (QED) is 0.607. The zero-order chi connectivity index (χ0) is 20.9. The summed E-state index contributed by atoms with van der Waals surface area (Å²) >= 11 is 0. The summed E-state index contributed by atoms with van der Waals surface area (Å²) in [6.07, 6.45) is 8.67. The number of nitrogens with zero attached hydrogens (tertiary/aromatic N) is 2. The van der Waals surface area contributed by atoms with E-state index >= 15 is 0 Å². The molecule has 0 spiro atoms. The summed E-state index contributed by atoms with van der Waals surface area (Å²) in [6, 6.07) is 14.2. The molecule has 1 aliphatic rings. The standard InChI is InChI=1S/C26H31N3O/c1-3-22-13-12-19(16-27-22)14-21-15-25(29-24-11-7-6-10-23(21)24)26(30)28-17-20-9-5-4-8-18(20)2/h6-7,10-13,15-16,18,20H,3-5,8-9,14,17H2,1-2H3,(H,28,30)/t18-,20?/m0/s1. The van der Waals surface area contributed by atoms with Gasteiger partial charge in [-0.2, -0.15) is 0 Å². The van der Waals surface area contributed by atoms with Gasteiger partial charge in [-0.05, 0) is 60.4 Å². The predicted molar refractivity (Wildman–Crippen MR) is 122 cm³/mol. The van der Waals surface area contributed by atoms with Crippen molar-refractivity contribution in [3.8, 4) is 0 Å². The summed E-state index contributed by atoms with van der Waals surface area (Å²) in [5, 5.41) is 4.25. The highest BCUT2D eigenvalue weighted by Crippen LogP contribution is 2.29. The lowest BCUT2D eigenvalue weighted by molar-refractivity contribution is 0.0931. The SMILES string of the molecule is CCc1ccc(Cc2cc(C(=O)NCC3CCCC[C@@H]3C)nc3ccccc23)cn1. The Morgan fingerprint density at radius 1 is 1.13 bits per heavy atom. The molecule has 156 valence electrons. The molecule has 2 aromatic heterocycles. The van der Waals surface area contributed by atoms with Gasteiger partial charge in [-0.3, -0.25) is 9.78 Å². The van der Waals surface area contributed by atoms with Gasteiger partial charge in [-0.25, -0.2) is 4.98 Å². The zero-order valence-electron chi connectivity index (χ0n) is 18.0. The van der Waals surface area contributed by atoms with E-state index < -0.39 is 0 Å². The molecule has 0 aliphatic heterocycles. The molecule has 0 bridgehead atoms.